The SMILES string of the molecule is NC1=N[C@@H](CNc2ccccc2Cl)CO1. The average Bonchev–Trinajstić information content (AvgIpc) is 2.63. The van der Waals surface area contributed by atoms with Crippen LogP contribution < -0.4 is 11.1 Å². The van der Waals surface area contributed by atoms with Crippen LogP contribution in [0.2, 0.25) is 5.02 Å². The summed E-state index contributed by atoms with van der Waals surface area (Å²) in [5.41, 5.74) is 6.30. The Morgan fingerprint density at radius 2 is 2.33 bits per heavy atom. The maximum atomic E-state index is 5.98. The number of amidine groups is 1. The molecule has 80 valence electrons. The van der Waals surface area contributed by atoms with Gasteiger partial charge in [0.25, 0.3) is 6.02 Å². The number of halogens is 1. The van der Waals surface area contributed by atoms with Gasteiger partial charge < -0.3 is 15.8 Å². The highest BCUT2D eigenvalue weighted by Gasteiger charge is 2.16. The van der Waals surface area contributed by atoms with Crippen molar-refractivity contribution in [2.45, 2.75) is 6.04 Å². The fraction of sp³-hybridized carbons (Fsp3) is 0.300. The molecule has 2 rings (SSSR count). The van der Waals surface area contributed by atoms with Crippen LogP contribution in [0.4, 0.5) is 5.69 Å². The number of rotatable bonds is 3. The minimum Gasteiger partial charge on any atom is -0.463 e. The molecule has 1 heterocycles. The quantitative estimate of drug-likeness (QED) is 0.819. The molecule has 1 aromatic rings. The van der Waals surface area contributed by atoms with Crippen molar-refractivity contribution in [3.63, 3.8) is 0 Å². The number of para-hydroxylation sites is 1. The maximum Gasteiger partial charge on any atom is 0.282 e. The molecular weight excluding hydrogens is 214 g/mol. The fourth-order valence-electron chi connectivity index (χ4n) is 1.37. The second-order valence-corrected chi connectivity index (χ2v) is 3.70. The number of aliphatic imine (C=N–C) groups is 1. The van der Waals surface area contributed by atoms with Crippen molar-refractivity contribution < 1.29 is 4.74 Å². The second kappa shape index (κ2) is 4.40. The molecule has 0 radical (unpaired) electrons. The van der Waals surface area contributed by atoms with Gasteiger partial charge in [0.1, 0.15) is 12.6 Å². The van der Waals surface area contributed by atoms with E-state index in [0.717, 1.165) is 5.69 Å². The third-order valence-corrected chi connectivity index (χ3v) is 2.47. The molecule has 4 nitrogen and oxygen atoms in total. The Labute approximate surface area is 93.1 Å². The van der Waals surface area contributed by atoms with Gasteiger partial charge in [-0.2, -0.15) is 0 Å². The zero-order valence-electron chi connectivity index (χ0n) is 8.11. The molecule has 0 aromatic heterocycles. The predicted molar refractivity (Wildman–Crippen MR) is 61.3 cm³/mol. The van der Waals surface area contributed by atoms with Gasteiger partial charge in [-0.05, 0) is 12.1 Å². The van der Waals surface area contributed by atoms with Crippen LogP contribution in [0.25, 0.3) is 0 Å². The molecule has 0 unspecified atom stereocenters. The fourth-order valence-corrected chi connectivity index (χ4v) is 1.58. The van der Waals surface area contributed by atoms with Crippen molar-refractivity contribution in [1.82, 2.24) is 0 Å². The molecule has 1 aliphatic heterocycles. The summed E-state index contributed by atoms with van der Waals surface area (Å²) in [4.78, 5) is 4.10. The van der Waals surface area contributed by atoms with Crippen LogP contribution in [0.5, 0.6) is 0 Å². The molecule has 0 saturated heterocycles. The van der Waals surface area contributed by atoms with Crippen LogP contribution in [0.15, 0.2) is 29.3 Å². The van der Waals surface area contributed by atoms with Gasteiger partial charge in [0, 0.05) is 6.54 Å². The van der Waals surface area contributed by atoms with Crippen LogP contribution in [0.1, 0.15) is 0 Å². The van der Waals surface area contributed by atoms with E-state index < -0.39 is 0 Å². The molecule has 3 N–H and O–H groups in total. The summed E-state index contributed by atoms with van der Waals surface area (Å²) in [5, 5.41) is 3.90. The molecule has 1 aliphatic rings. The predicted octanol–water partition coefficient (Wildman–Crippen LogP) is 1.47. The Balaban J connectivity index is 1.91. The number of nitrogens with two attached hydrogens (primary N) is 1. The number of hydrogen-bond donors (Lipinski definition) is 2. The van der Waals surface area contributed by atoms with Crippen molar-refractivity contribution in [2.75, 3.05) is 18.5 Å². The zero-order valence-corrected chi connectivity index (χ0v) is 8.87. The first-order valence-corrected chi connectivity index (χ1v) is 5.08. The summed E-state index contributed by atoms with van der Waals surface area (Å²) in [6.07, 6.45) is 0. The first-order valence-electron chi connectivity index (χ1n) is 4.70. The molecular formula is C10H12ClN3O. The number of nitrogens with zero attached hydrogens (tertiary/aromatic N) is 1. The second-order valence-electron chi connectivity index (χ2n) is 3.29. The maximum absolute atomic E-state index is 5.98. The van der Waals surface area contributed by atoms with E-state index in [4.69, 9.17) is 22.1 Å². The van der Waals surface area contributed by atoms with E-state index in [9.17, 15) is 0 Å². The number of anilines is 1. The average molecular weight is 226 g/mol. The minimum atomic E-state index is 0.0706. The van der Waals surface area contributed by atoms with Gasteiger partial charge in [-0.3, -0.25) is 0 Å². The summed E-state index contributed by atoms with van der Waals surface area (Å²) in [6, 6.07) is 7.92. The molecule has 5 heteroatoms. The lowest BCUT2D eigenvalue weighted by molar-refractivity contribution is 0.316. The Kier molecular flexibility index (Phi) is 2.97. The van der Waals surface area contributed by atoms with Crippen molar-refractivity contribution in [3.05, 3.63) is 29.3 Å². The van der Waals surface area contributed by atoms with Gasteiger partial charge in [0.05, 0.1) is 10.7 Å². The van der Waals surface area contributed by atoms with Crippen LogP contribution in [-0.4, -0.2) is 25.2 Å². The van der Waals surface area contributed by atoms with Gasteiger partial charge in [0.2, 0.25) is 0 Å². The van der Waals surface area contributed by atoms with Crippen LogP contribution >= 0.6 is 11.6 Å². The van der Waals surface area contributed by atoms with Gasteiger partial charge in [0.15, 0.2) is 0 Å². The van der Waals surface area contributed by atoms with E-state index in [1.807, 2.05) is 24.3 Å². The van der Waals surface area contributed by atoms with Gasteiger partial charge >= 0.3 is 0 Å². The minimum absolute atomic E-state index is 0.0706. The standard InChI is InChI=1S/C10H12ClN3O/c11-8-3-1-2-4-9(8)13-5-7-6-15-10(12)14-7/h1-4,7,13H,5-6H2,(H2,12,14)/t7-/m0/s1. The van der Waals surface area contributed by atoms with Crippen molar-refractivity contribution >= 4 is 23.3 Å². The lowest BCUT2D eigenvalue weighted by atomic mass is 10.3. The van der Waals surface area contributed by atoms with E-state index in [1.165, 1.54) is 0 Å². The van der Waals surface area contributed by atoms with Gasteiger partial charge in [-0.1, -0.05) is 23.7 Å². The number of hydrogen-bond acceptors (Lipinski definition) is 4. The first-order chi connectivity index (χ1) is 7.25. The molecule has 0 saturated carbocycles. The Morgan fingerprint density at radius 1 is 1.53 bits per heavy atom. The third kappa shape index (κ3) is 2.53. The van der Waals surface area contributed by atoms with Gasteiger partial charge in [-0.25, -0.2) is 4.99 Å². The summed E-state index contributed by atoms with van der Waals surface area (Å²) < 4.78 is 5.04. The highest BCUT2D eigenvalue weighted by molar-refractivity contribution is 6.33. The molecule has 1 atom stereocenters. The molecule has 0 bridgehead atoms. The molecule has 0 fully saturated rings. The molecule has 1 aromatic carbocycles. The number of nitrogens with one attached hydrogen (secondary N) is 1. The van der Waals surface area contributed by atoms with Crippen LogP contribution in [-0.2, 0) is 4.74 Å². The summed E-state index contributed by atoms with van der Waals surface area (Å²) in [6.45, 7) is 1.20. The smallest absolute Gasteiger partial charge is 0.282 e. The lowest BCUT2D eigenvalue weighted by Gasteiger charge is -2.09. The topological polar surface area (TPSA) is 59.6 Å². The first kappa shape index (κ1) is 10.1. The summed E-state index contributed by atoms with van der Waals surface area (Å²) in [5.74, 6) is 0. The van der Waals surface area contributed by atoms with E-state index in [0.29, 0.717) is 18.2 Å². The van der Waals surface area contributed by atoms with Crippen LogP contribution in [0.3, 0.4) is 0 Å². The lowest BCUT2D eigenvalue weighted by Crippen LogP contribution is -2.19. The normalized spacial score (nSPS) is 19.5. The highest BCUT2D eigenvalue weighted by Crippen LogP contribution is 2.20. The summed E-state index contributed by atoms with van der Waals surface area (Å²) in [7, 11) is 0. The van der Waals surface area contributed by atoms with E-state index in [1.54, 1.807) is 0 Å². The molecule has 0 aliphatic carbocycles. The number of benzene rings is 1. The highest BCUT2D eigenvalue weighted by atomic mass is 35.5. The molecule has 15 heavy (non-hydrogen) atoms. The Hall–Kier alpha value is -1.42. The Morgan fingerprint density at radius 3 is 3.00 bits per heavy atom. The third-order valence-electron chi connectivity index (χ3n) is 2.14. The zero-order chi connectivity index (χ0) is 10.7. The van der Waals surface area contributed by atoms with E-state index in [-0.39, 0.29) is 12.1 Å². The van der Waals surface area contributed by atoms with Crippen molar-refractivity contribution in [3.8, 4) is 0 Å². The number of ether oxygens (including phenoxy) is 1. The van der Waals surface area contributed by atoms with Gasteiger partial charge in [-0.15, -0.1) is 0 Å². The monoisotopic (exact) mass is 225 g/mol. The van der Waals surface area contributed by atoms with E-state index in [2.05, 4.69) is 10.3 Å². The summed E-state index contributed by atoms with van der Waals surface area (Å²) >= 11 is 5.98. The largest absolute Gasteiger partial charge is 0.463 e. The van der Waals surface area contributed by atoms with E-state index >= 15 is 0 Å². The van der Waals surface area contributed by atoms with Crippen molar-refractivity contribution in [1.29, 1.82) is 0 Å². The van der Waals surface area contributed by atoms with Crippen LogP contribution in [0, 0.1) is 0 Å². The molecule has 0 amide bonds. The van der Waals surface area contributed by atoms with Crippen molar-refractivity contribution in [2.24, 2.45) is 10.7 Å². The Bertz CT molecular complexity index is 381. The molecule has 0 spiro atoms.